The van der Waals surface area contributed by atoms with Crippen molar-refractivity contribution in [2.75, 3.05) is 24.6 Å². The molecule has 158 valence electrons. The molecule has 2 rings (SSSR count). The number of anilines is 1. The Balaban J connectivity index is 2.19. The lowest BCUT2D eigenvalue weighted by molar-refractivity contribution is -0.274. The second-order valence-corrected chi connectivity index (χ2v) is 5.95. The highest BCUT2D eigenvalue weighted by Gasteiger charge is 2.31. The number of aliphatic hydroxyl groups is 1. The van der Waals surface area contributed by atoms with Gasteiger partial charge in [-0.15, -0.1) is 13.2 Å². The van der Waals surface area contributed by atoms with Gasteiger partial charge in [0.2, 0.25) is 5.95 Å². The SMILES string of the molecule is CCN(CC)c1nc(C(=O)NC(CO)c2ccc(OC(F)(F)F)cc2)cc(=O)[nH]1. The molecule has 0 bridgehead atoms. The van der Waals surface area contributed by atoms with Crippen LogP contribution in [0.4, 0.5) is 19.1 Å². The number of carbonyl (C=O) groups excluding carboxylic acids is 1. The zero-order chi connectivity index (χ0) is 21.6. The molecular formula is C18H21F3N4O4. The smallest absolute Gasteiger partial charge is 0.406 e. The van der Waals surface area contributed by atoms with Crippen LogP contribution in [0.25, 0.3) is 0 Å². The van der Waals surface area contributed by atoms with E-state index in [0.29, 0.717) is 18.7 Å². The van der Waals surface area contributed by atoms with Crippen molar-refractivity contribution in [1.29, 1.82) is 0 Å². The number of hydrogen-bond donors (Lipinski definition) is 3. The first-order chi connectivity index (χ1) is 13.7. The van der Waals surface area contributed by atoms with Gasteiger partial charge < -0.3 is 20.1 Å². The van der Waals surface area contributed by atoms with E-state index in [2.05, 4.69) is 20.0 Å². The molecule has 1 amide bonds. The molecule has 1 heterocycles. The normalized spacial score (nSPS) is 12.3. The number of alkyl halides is 3. The zero-order valence-electron chi connectivity index (χ0n) is 15.8. The minimum Gasteiger partial charge on any atom is -0.406 e. The van der Waals surface area contributed by atoms with Crippen LogP contribution in [0.3, 0.4) is 0 Å². The van der Waals surface area contributed by atoms with Crippen molar-refractivity contribution in [3.63, 3.8) is 0 Å². The summed E-state index contributed by atoms with van der Waals surface area (Å²) in [5.41, 5.74) is -0.309. The predicted molar refractivity (Wildman–Crippen MR) is 98.8 cm³/mol. The number of ether oxygens (including phenoxy) is 1. The quantitative estimate of drug-likeness (QED) is 0.610. The first kappa shape index (κ1) is 22.2. The van der Waals surface area contributed by atoms with E-state index in [1.54, 1.807) is 4.90 Å². The van der Waals surface area contributed by atoms with Gasteiger partial charge in [0.15, 0.2) is 0 Å². The molecule has 11 heteroatoms. The Morgan fingerprint density at radius 3 is 2.41 bits per heavy atom. The largest absolute Gasteiger partial charge is 0.573 e. The molecule has 1 aromatic heterocycles. The summed E-state index contributed by atoms with van der Waals surface area (Å²) >= 11 is 0. The van der Waals surface area contributed by atoms with Crippen molar-refractivity contribution in [2.24, 2.45) is 0 Å². The number of amides is 1. The number of nitrogens with zero attached hydrogens (tertiary/aromatic N) is 2. The number of aromatic nitrogens is 2. The van der Waals surface area contributed by atoms with Gasteiger partial charge >= 0.3 is 6.36 Å². The first-order valence-electron chi connectivity index (χ1n) is 8.80. The molecule has 0 radical (unpaired) electrons. The van der Waals surface area contributed by atoms with Crippen molar-refractivity contribution in [1.82, 2.24) is 15.3 Å². The predicted octanol–water partition coefficient (Wildman–Crippen LogP) is 1.98. The van der Waals surface area contributed by atoms with E-state index >= 15 is 0 Å². The summed E-state index contributed by atoms with van der Waals surface area (Å²) in [5.74, 6) is -0.898. The second kappa shape index (κ2) is 9.41. The summed E-state index contributed by atoms with van der Waals surface area (Å²) in [5, 5.41) is 12.1. The van der Waals surface area contributed by atoms with E-state index in [-0.39, 0.29) is 11.6 Å². The number of nitrogens with one attached hydrogen (secondary N) is 2. The topological polar surface area (TPSA) is 108 Å². The molecule has 29 heavy (non-hydrogen) atoms. The fraction of sp³-hybridized carbons (Fsp3) is 0.389. The van der Waals surface area contributed by atoms with Crippen LogP contribution in [0.2, 0.25) is 0 Å². The lowest BCUT2D eigenvalue weighted by Gasteiger charge is -2.20. The molecule has 0 aliphatic heterocycles. The summed E-state index contributed by atoms with van der Waals surface area (Å²) < 4.78 is 40.5. The van der Waals surface area contributed by atoms with Crippen LogP contribution in [-0.2, 0) is 0 Å². The summed E-state index contributed by atoms with van der Waals surface area (Å²) in [7, 11) is 0. The van der Waals surface area contributed by atoms with E-state index < -0.39 is 36.2 Å². The summed E-state index contributed by atoms with van der Waals surface area (Å²) in [6, 6.07) is 4.82. The maximum Gasteiger partial charge on any atom is 0.573 e. The molecular weight excluding hydrogens is 393 g/mol. The maximum absolute atomic E-state index is 12.5. The van der Waals surface area contributed by atoms with E-state index in [9.17, 15) is 27.9 Å². The first-order valence-corrected chi connectivity index (χ1v) is 8.80. The third-order valence-corrected chi connectivity index (χ3v) is 4.03. The van der Waals surface area contributed by atoms with Crippen molar-refractivity contribution in [3.05, 3.63) is 51.9 Å². The van der Waals surface area contributed by atoms with E-state index in [0.717, 1.165) is 18.2 Å². The van der Waals surface area contributed by atoms with Crippen LogP contribution in [0, 0.1) is 0 Å². The van der Waals surface area contributed by atoms with Crippen LogP contribution in [0.15, 0.2) is 35.1 Å². The highest BCUT2D eigenvalue weighted by molar-refractivity contribution is 5.92. The number of aromatic amines is 1. The van der Waals surface area contributed by atoms with Gasteiger partial charge in [-0.2, -0.15) is 0 Å². The molecule has 1 unspecified atom stereocenters. The average molecular weight is 414 g/mol. The Labute approximate surface area is 164 Å². The van der Waals surface area contributed by atoms with Crippen LogP contribution in [0.5, 0.6) is 5.75 Å². The van der Waals surface area contributed by atoms with Crippen molar-refractivity contribution in [3.8, 4) is 5.75 Å². The van der Waals surface area contributed by atoms with Gasteiger partial charge in [0, 0.05) is 19.2 Å². The molecule has 3 N–H and O–H groups in total. The highest BCUT2D eigenvalue weighted by atomic mass is 19.4. The van der Waals surface area contributed by atoms with Gasteiger partial charge in [-0.25, -0.2) is 4.98 Å². The average Bonchev–Trinajstić information content (AvgIpc) is 2.66. The molecule has 0 aliphatic rings. The maximum atomic E-state index is 12.5. The second-order valence-electron chi connectivity index (χ2n) is 5.95. The summed E-state index contributed by atoms with van der Waals surface area (Å²) in [6.45, 7) is 4.35. The van der Waals surface area contributed by atoms with Gasteiger partial charge in [-0.3, -0.25) is 14.6 Å². The number of rotatable bonds is 8. The third-order valence-electron chi connectivity index (χ3n) is 4.03. The van der Waals surface area contributed by atoms with Crippen LogP contribution in [0.1, 0.15) is 35.9 Å². The third kappa shape index (κ3) is 6.21. The Morgan fingerprint density at radius 1 is 1.28 bits per heavy atom. The van der Waals surface area contributed by atoms with Crippen LogP contribution in [-0.4, -0.2) is 47.0 Å². The monoisotopic (exact) mass is 414 g/mol. The molecule has 0 aliphatic carbocycles. The number of aliphatic hydroxyl groups excluding tert-OH is 1. The molecule has 0 saturated carbocycles. The number of halogens is 3. The Hall–Kier alpha value is -3.08. The standard InChI is InChI=1S/C18H21F3N4O4/c1-3-25(4-2)17-23-13(9-15(27)24-17)16(28)22-14(10-26)11-5-7-12(8-6-11)29-18(19,20)21/h5-9,14,26H,3-4,10H2,1-2H3,(H,22,28)(H,23,24,27). The minimum absolute atomic E-state index is 0.147. The molecule has 2 aromatic rings. The number of carbonyl (C=O) groups is 1. The van der Waals surface area contributed by atoms with Gasteiger partial charge in [-0.1, -0.05) is 12.1 Å². The number of H-pyrrole nitrogens is 1. The van der Waals surface area contributed by atoms with E-state index in [1.807, 2.05) is 13.8 Å². The molecule has 0 fully saturated rings. The Kier molecular flexibility index (Phi) is 7.21. The van der Waals surface area contributed by atoms with Crippen molar-refractivity contribution >= 4 is 11.9 Å². The van der Waals surface area contributed by atoms with Gasteiger partial charge in [-0.05, 0) is 31.5 Å². The number of benzene rings is 1. The van der Waals surface area contributed by atoms with Crippen molar-refractivity contribution < 1.29 is 27.8 Å². The van der Waals surface area contributed by atoms with Crippen LogP contribution >= 0.6 is 0 Å². The van der Waals surface area contributed by atoms with E-state index in [4.69, 9.17) is 0 Å². The Morgan fingerprint density at radius 2 is 1.90 bits per heavy atom. The van der Waals surface area contributed by atoms with Gasteiger partial charge in [0.05, 0.1) is 12.6 Å². The lowest BCUT2D eigenvalue weighted by Crippen LogP contribution is -2.34. The summed E-state index contributed by atoms with van der Waals surface area (Å²) in [4.78, 5) is 32.8. The molecule has 8 nitrogen and oxygen atoms in total. The van der Waals surface area contributed by atoms with E-state index in [1.165, 1.54) is 12.1 Å². The highest BCUT2D eigenvalue weighted by Crippen LogP contribution is 2.24. The fourth-order valence-electron chi connectivity index (χ4n) is 2.60. The zero-order valence-corrected chi connectivity index (χ0v) is 15.8. The Bertz CT molecular complexity index is 880. The van der Waals surface area contributed by atoms with Gasteiger partial charge in [0.1, 0.15) is 11.4 Å². The van der Waals surface area contributed by atoms with Crippen LogP contribution < -0.4 is 20.5 Å². The minimum atomic E-state index is -4.82. The lowest BCUT2D eigenvalue weighted by atomic mass is 10.1. The fourth-order valence-corrected chi connectivity index (χ4v) is 2.60. The van der Waals surface area contributed by atoms with Crippen molar-refractivity contribution in [2.45, 2.75) is 26.3 Å². The molecule has 1 aromatic carbocycles. The van der Waals surface area contributed by atoms with Gasteiger partial charge in [0.25, 0.3) is 11.5 Å². The number of hydrogen-bond acceptors (Lipinski definition) is 6. The molecule has 0 saturated heterocycles. The molecule has 1 atom stereocenters. The summed E-state index contributed by atoms with van der Waals surface area (Å²) in [6.07, 6.45) is -4.82. The molecule has 0 spiro atoms.